The maximum atomic E-state index is 6.39. The first-order valence-corrected chi connectivity index (χ1v) is 9.42. The fourth-order valence-corrected chi connectivity index (χ4v) is 3.96. The minimum absolute atomic E-state index is 0.209. The normalized spacial score (nSPS) is 12.9. The molecule has 2 aromatic rings. The zero-order valence-corrected chi connectivity index (χ0v) is 14.1. The van der Waals surface area contributed by atoms with Crippen molar-refractivity contribution < 1.29 is 0 Å². The maximum Gasteiger partial charge on any atom is 0.0346 e. The second kappa shape index (κ2) is 9.22. The molecule has 2 rings (SSSR count). The summed E-state index contributed by atoms with van der Waals surface area (Å²) in [6.07, 6.45) is 12.1. The van der Waals surface area contributed by atoms with E-state index in [9.17, 15) is 0 Å². The van der Waals surface area contributed by atoms with E-state index in [1.54, 1.807) is 0 Å². The molecule has 0 saturated heterocycles. The predicted octanol–water partition coefficient (Wildman–Crippen LogP) is 6.43. The van der Waals surface area contributed by atoms with Crippen LogP contribution in [0.1, 0.15) is 76.3 Å². The molecule has 0 aliphatic rings. The van der Waals surface area contributed by atoms with Gasteiger partial charge in [0.1, 0.15) is 0 Å². The third-order valence-corrected chi connectivity index (χ3v) is 5.26. The lowest BCUT2D eigenvalue weighted by Gasteiger charge is -2.11. The third-order valence-electron chi connectivity index (χ3n) is 4.28. The van der Waals surface area contributed by atoms with Crippen LogP contribution in [0.2, 0.25) is 0 Å². The number of rotatable bonds is 10. The van der Waals surface area contributed by atoms with E-state index in [-0.39, 0.29) is 6.04 Å². The molecule has 1 aromatic carbocycles. The minimum atomic E-state index is 0.209. The first-order valence-electron chi connectivity index (χ1n) is 8.54. The van der Waals surface area contributed by atoms with Crippen LogP contribution in [0.3, 0.4) is 0 Å². The molecule has 1 unspecified atom stereocenters. The zero-order chi connectivity index (χ0) is 14.9. The Hall–Kier alpha value is -0.860. The van der Waals surface area contributed by atoms with Crippen molar-refractivity contribution in [3.05, 3.63) is 35.2 Å². The monoisotopic (exact) mass is 303 g/mol. The first kappa shape index (κ1) is 16.5. The Morgan fingerprint density at radius 1 is 0.952 bits per heavy atom. The van der Waals surface area contributed by atoms with Gasteiger partial charge in [-0.1, -0.05) is 76.5 Å². The van der Waals surface area contributed by atoms with Crippen molar-refractivity contribution in [2.24, 2.45) is 5.73 Å². The zero-order valence-electron chi connectivity index (χ0n) is 13.3. The Balaban J connectivity index is 1.67. The van der Waals surface area contributed by atoms with Crippen LogP contribution in [0.5, 0.6) is 0 Å². The summed E-state index contributed by atoms with van der Waals surface area (Å²) in [4.78, 5) is 0. The Bertz CT molecular complexity index is 517. The lowest BCUT2D eigenvalue weighted by atomic mass is 10.00. The Labute approximate surface area is 133 Å². The van der Waals surface area contributed by atoms with Crippen LogP contribution >= 0.6 is 11.3 Å². The summed E-state index contributed by atoms with van der Waals surface area (Å²) in [5.41, 5.74) is 7.74. The second-order valence-corrected chi connectivity index (χ2v) is 6.97. The van der Waals surface area contributed by atoms with Crippen molar-refractivity contribution in [1.29, 1.82) is 0 Å². The molecule has 2 N–H and O–H groups in total. The van der Waals surface area contributed by atoms with E-state index < -0.39 is 0 Å². The molecule has 1 atom stereocenters. The van der Waals surface area contributed by atoms with E-state index in [0.29, 0.717) is 0 Å². The molecule has 1 aromatic heterocycles. The number of unbranched alkanes of at least 4 members (excludes halogenated alkanes) is 7. The Morgan fingerprint density at radius 2 is 1.62 bits per heavy atom. The van der Waals surface area contributed by atoms with Gasteiger partial charge in [-0.25, -0.2) is 0 Å². The molecule has 2 heteroatoms. The number of hydrogen-bond donors (Lipinski definition) is 1. The summed E-state index contributed by atoms with van der Waals surface area (Å²) in [6, 6.07) is 8.82. The SMILES string of the molecule is CCCCCCCCCCC(N)c1csc2ccccc12. The van der Waals surface area contributed by atoms with E-state index in [2.05, 4.69) is 36.6 Å². The molecule has 0 aliphatic heterocycles. The molecule has 0 spiro atoms. The summed E-state index contributed by atoms with van der Waals surface area (Å²) in [5.74, 6) is 0. The summed E-state index contributed by atoms with van der Waals surface area (Å²) in [5, 5.41) is 3.61. The number of fused-ring (bicyclic) bond motifs is 1. The first-order chi connectivity index (χ1) is 10.3. The molecule has 0 amide bonds. The van der Waals surface area contributed by atoms with Gasteiger partial charge in [0.05, 0.1) is 0 Å². The fourth-order valence-electron chi connectivity index (χ4n) is 2.94. The summed E-state index contributed by atoms with van der Waals surface area (Å²) in [7, 11) is 0. The van der Waals surface area contributed by atoms with E-state index in [1.165, 1.54) is 67.0 Å². The highest BCUT2D eigenvalue weighted by Crippen LogP contribution is 2.31. The molecule has 1 heterocycles. The van der Waals surface area contributed by atoms with Gasteiger partial charge in [0.2, 0.25) is 0 Å². The van der Waals surface area contributed by atoms with Crippen LogP contribution in [0.15, 0.2) is 29.6 Å². The van der Waals surface area contributed by atoms with Crippen LogP contribution < -0.4 is 5.73 Å². The summed E-state index contributed by atoms with van der Waals surface area (Å²) in [6.45, 7) is 2.27. The highest BCUT2D eigenvalue weighted by molar-refractivity contribution is 7.17. The van der Waals surface area contributed by atoms with Crippen molar-refractivity contribution in [1.82, 2.24) is 0 Å². The van der Waals surface area contributed by atoms with Gasteiger partial charge < -0.3 is 5.73 Å². The largest absolute Gasteiger partial charge is 0.324 e. The van der Waals surface area contributed by atoms with E-state index in [1.807, 2.05) is 11.3 Å². The van der Waals surface area contributed by atoms with Gasteiger partial charge in [-0.05, 0) is 28.8 Å². The quantitative estimate of drug-likeness (QED) is 0.503. The molecule has 0 saturated carbocycles. The molecule has 1 nitrogen and oxygen atoms in total. The summed E-state index contributed by atoms with van der Waals surface area (Å²) < 4.78 is 1.36. The number of hydrogen-bond acceptors (Lipinski definition) is 2. The topological polar surface area (TPSA) is 26.0 Å². The number of benzene rings is 1. The number of thiophene rings is 1. The van der Waals surface area contributed by atoms with Gasteiger partial charge in [-0.2, -0.15) is 0 Å². The van der Waals surface area contributed by atoms with E-state index in [4.69, 9.17) is 5.73 Å². The standard InChI is InChI=1S/C19H29NS/c1-2-3-4-5-6-7-8-9-13-18(20)17-15-21-19-14-11-10-12-16(17)19/h10-12,14-15,18H,2-9,13,20H2,1H3. The molecule has 116 valence electrons. The number of nitrogens with two attached hydrogens (primary N) is 1. The molecule has 21 heavy (non-hydrogen) atoms. The summed E-state index contributed by atoms with van der Waals surface area (Å²) >= 11 is 1.82. The molecular weight excluding hydrogens is 274 g/mol. The smallest absolute Gasteiger partial charge is 0.0346 e. The highest BCUT2D eigenvalue weighted by Gasteiger charge is 2.11. The predicted molar refractivity (Wildman–Crippen MR) is 96.0 cm³/mol. The van der Waals surface area contributed by atoms with Crippen molar-refractivity contribution in [2.45, 2.75) is 70.8 Å². The molecule has 0 aliphatic carbocycles. The van der Waals surface area contributed by atoms with Crippen molar-refractivity contribution in [3.8, 4) is 0 Å². The highest BCUT2D eigenvalue weighted by atomic mass is 32.1. The van der Waals surface area contributed by atoms with Crippen molar-refractivity contribution in [3.63, 3.8) is 0 Å². The Kier molecular flexibility index (Phi) is 7.25. The second-order valence-electron chi connectivity index (χ2n) is 6.06. The van der Waals surface area contributed by atoms with E-state index >= 15 is 0 Å². The van der Waals surface area contributed by atoms with E-state index in [0.717, 1.165) is 6.42 Å². The van der Waals surface area contributed by atoms with Gasteiger partial charge in [-0.15, -0.1) is 11.3 Å². The van der Waals surface area contributed by atoms with Crippen LogP contribution in [0, 0.1) is 0 Å². The van der Waals surface area contributed by atoms with Crippen LogP contribution in [-0.2, 0) is 0 Å². The van der Waals surface area contributed by atoms with Gasteiger partial charge >= 0.3 is 0 Å². The van der Waals surface area contributed by atoms with Crippen molar-refractivity contribution in [2.75, 3.05) is 0 Å². The molecule has 0 fully saturated rings. The molecular formula is C19H29NS. The van der Waals surface area contributed by atoms with Crippen molar-refractivity contribution >= 4 is 21.4 Å². The molecule has 0 bridgehead atoms. The van der Waals surface area contributed by atoms with Gasteiger partial charge in [0.15, 0.2) is 0 Å². The average molecular weight is 304 g/mol. The van der Waals surface area contributed by atoms with Gasteiger partial charge in [-0.3, -0.25) is 0 Å². The maximum absolute atomic E-state index is 6.39. The van der Waals surface area contributed by atoms with Gasteiger partial charge in [0.25, 0.3) is 0 Å². The van der Waals surface area contributed by atoms with Gasteiger partial charge in [0, 0.05) is 10.7 Å². The average Bonchev–Trinajstić information content (AvgIpc) is 2.94. The Morgan fingerprint density at radius 3 is 2.38 bits per heavy atom. The van der Waals surface area contributed by atoms with Crippen LogP contribution in [-0.4, -0.2) is 0 Å². The van der Waals surface area contributed by atoms with Crippen LogP contribution in [0.4, 0.5) is 0 Å². The lowest BCUT2D eigenvalue weighted by Crippen LogP contribution is -2.09. The fraction of sp³-hybridized carbons (Fsp3) is 0.579. The van der Waals surface area contributed by atoms with Crippen LogP contribution in [0.25, 0.3) is 10.1 Å². The molecule has 0 radical (unpaired) electrons. The lowest BCUT2D eigenvalue weighted by molar-refractivity contribution is 0.538. The third kappa shape index (κ3) is 5.12. The minimum Gasteiger partial charge on any atom is -0.324 e.